The van der Waals surface area contributed by atoms with Crippen LogP contribution in [-0.4, -0.2) is 18.5 Å². The van der Waals surface area contributed by atoms with Crippen molar-refractivity contribution in [1.82, 2.24) is 5.32 Å². The van der Waals surface area contributed by atoms with Crippen molar-refractivity contribution in [3.05, 3.63) is 35.4 Å². The Balaban J connectivity index is 1.89. The summed E-state index contributed by atoms with van der Waals surface area (Å²) in [6, 6.07) is 9.28. The fraction of sp³-hybridized carbons (Fsp3) is 0.625. The lowest BCUT2D eigenvalue weighted by molar-refractivity contribution is 0.256. The third kappa shape index (κ3) is 3.07. The molecular formula is C16H24ClN. The second-order valence-electron chi connectivity index (χ2n) is 6.40. The zero-order valence-corrected chi connectivity index (χ0v) is 12.4. The normalized spacial score (nSPS) is 20.1. The van der Waals surface area contributed by atoms with Gasteiger partial charge in [-0.05, 0) is 29.4 Å². The number of benzene rings is 1. The Hall–Kier alpha value is -0.530. The molecule has 0 aromatic heterocycles. The molecular weight excluding hydrogens is 242 g/mol. The Morgan fingerprint density at radius 2 is 2.06 bits per heavy atom. The van der Waals surface area contributed by atoms with Crippen LogP contribution in [0.15, 0.2) is 24.3 Å². The Labute approximate surface area is 116 Å². The number of rotatable bonds is 5. The lowest BCUT2D eigenvalue weighted by atomic mass is 9.77. The molecule has 2 rings (SSSR count). The average molecular weight is 266 g/mol. The maximum atomic E-state index is 5.91. The molecule has 2 unspecified atom stereocenters. The van der Waals surface area contributed by atoms with Gasteiger partial charge in [-0.15, -0.1) is 11.6 Å². The highest BCUT2D eigenvalue weighted by atomic mass is 35.5. The molecule has 0 saturated carbocycles. The van der Waals surface area contributed by atoms with Crippen molar-refractivity contribution in [3.63, 3.8) is 0 Å². The average Bonchev–Trinajstić information content (AvgIpc) is 2.27. The number of fused-ring (bicyclic) bond motifs is 1. The minimum absolute atomic E-state index is 0.276. The molecule has 0 saturated heterocycles. The first kappa shape index (κ1) is 13.9. The van der Waals surface area contributed by atoms with E-state index in [2.05, 4.69) is 50.4 Å². The maximum absolute atomic E-state index is 5.91. The first-order valence-corrected chi connectivity index (χ1v) is 7.43. The van der Waals surface area contributed by atoms with E-state index in [1.54, 1.807) is 0 Å². The molecule has 0 fully saturated rings. The van der Waals surface area contributed by atoms with Crippen molar-refractivity contribution in [2.24, 2.45) is 5.41 Å². The van der Waals surface area contributed by atoms with Gasteiger partial charge < -0.3 is 5.32 Å². The SMILES string of the molecule is CC(C)(C)C(CCCl)NCC1Cc2ccccc21. The maximum Gasteiger partial charge on any atom is 0.0238 e. The van der Waals surface area contributed by atoms with Crippen LogP contribution in [0, 0.1) is 5.41 Å². The highest BCUT2D eigenvalue weighted by Gasteiger charge is 2.28. The van der Waals surface area contributed by atoms with Crippen molar-refractivity contribution in [2.75, 3.05) is 12.4 Å². The molecule has 1 aliphatic carbocycles. The summed E-state index contributed by atoms with van der Waals surface area (Å²) in [5.41, 5.74) is 3.33. The van der Waals surface area contributed by atoms with Crippen LogP contribution in [-0.2, 0) is 6.42 Å². The molecule has 0 heterocycles. The third-order valence-corrected chi connectivity index (χ3v) is 4.23. The summed E-state index contributed by atoms with van der Waals surface area (Å²) in [5, 5.41) is 3.72. The van der Waals surface area contributed by atoms with Crippen molar-refractivity contribution in [3.8, 4) is 0 Å². The predicted molar refractivity (Wildman–Crippen MR) is 79.5 cm³/mol. The smallest absolute Gasteiger partial charge is 0.0238 e. The Morgan fingerprint density at radius 3 is 2.67 bits per heavy atom. The van der Waals surface area contributed by atoms with Gasteiger partial charge in [0.25, 0.3) is 0 Å². The summed E-state index contributed by atoms with van der Waals surface area (Å²) >= 11 is 5.91. The summed E-state index contributed by atoms with van der Waals surface area (Å²) in [7, 11) is 0. The summed E-state index contributed by atoms with van der Waals surface area (Å²) < 4.78 is 0. The van der Waals surface area contributed by atoms with E-state index in [4.69, 9.17) is 11.6 Å². The fourth-order valence-electron chi connectivity index (χ4n) is 2.78. The standard InChI is InChI=1S/C16H24ClN/c1-16(2,3)15(8-9-17)18-11-13-10-12-6-4-5-7-14(12)13/h4-7,13,15,18H,8-11H2,1-3H3. The molecule has 1 aliphatic rings. The zero-order chi connectivity index (χ0) is 13.2. The highest BCUT2D eigenvalue weighted by molar-refractivity contribution is 6.17. The molecule has 0 amide bonds. The molecule has 2 atom stereocenters. The van der Waals surface area contributed by atoms with Crippen LogP contribution >= 0.6 is 11.6 Å². The molecule has 0 spiro atoms. The van der Waals surface area contributed by atoms with Crippen LogP contribution in [0.25, 0.3) is 0 Å². The first-order chi connectivity index (χ1) is 8.52. The Morgan fingerprint density at radius 1 is 1.33 bits per heavy atom. The fourth-order valence-corrected chi connectivity index (χ4v) is 3.00. The van der Waals surface area contributed by atoms with E-state index >= 15 is 0 Å². The van der Waals surface area contributed by atoms with Crippen LogP contribution < -0.4 is 5.32 Å². The Bertz CT molecular complexity index is 394. The molecule has 0 aliphatic heterocycles. The van der Waals surface area contributed by atoms with Gasteiger partial charge in [-0.1, -0.05) is 45.0 Å². The van der Waals surface area contributed by atoms with Crippen LogP contribution in [0.4, 0.5) is 0 Å². The van der Waals surface area contributed by atoms with Crippen molar-refractivity contribution < 1.29 is 0 Å². The zero-order valence-electron chi connectivity index (χ0n) is 11.7. The van der Waals surface area contributed by atoms with Gasteiger partial charge in [-0.25, -0.2) is 0 Å². The summed E-state index contributed by atoms with van der Waals surface area (Å²) in [5.74, 6) is 1.43. The topological polar surface area (TPSA) is 12.0 Å². The van der Waals surface area contributed by atoms with Gasteiger partial charge >= 0.3 is 0 Å². The molecule has 18 heavy (non-hydrogen) atoms. The quantitative estimate of drug-likeness (QED) is 0.795. The lowest BCUT2D eigenvalue weighted by Crippen LogP contribution is -2.43. The predicted octanol–water partition coefficient (Wildman–Crippen LogP) is 3.96. The minimum Gasteiger partial charge on any atom is -0.313 e. The van der Waals surface area contributed by atoms with E-state index < -0.39 is 0 Å². The summed E-state index contributed by atoms with van der Waals surface area (Å²) in [4.78, 5) is 0. The number of halogens is 1. The molecule has 1 aromatic rings. The van der Waals surface area contributed by atoms with Gasteiger partial charge in [0.15, 0.2) is 0 Å². The van der Waals surface area contributed by atoms with E-state index in [1.807, 2.05) is 0 Å². The number of hydrogen-bond donors (Lipinski definition) is 1. The van der Waals surface area contributed by atoms with Crippen LogP contribution in [0.3, 0.4) is 0 Å². The first-order valence-electron chi connectivity index (χ1n) is 6.89. The lowest BCUT2D eigenvalue weighted by Gasteiger charge is -2.36. The van der Waals surface area contributed by atoms with E-state index in [1.165, 1.54) is 17.5 Å². The van der Waals surface area contributed by atoms with E-state index in [-0.39, 0.29) is 5.41 Å². The van der Waals surface area contributed by atoms with Gasteiger partial charge in [0, 0.05) is 24.4 Å². The molecule has 0 radical (unpaired) electrons. The molecule has 100 valence electrons. The monoisotopic (exact) mass is 265 g/mol. The molecule has 1 nitrogen and oxygen atoms in total. The van der Waals surface area contributed by atoms with Crippen LogP contribution in [0.5, 0.6) is 0 Å². The van der Waals surface area contributed by atoms with Crippen molar-refractivity contribution in [2.45, 2.75) is 45.6 Å². The highest BCUT2D eigenvalue weighted by Crippen LogP contribution is 2.34. The van der Waals surface area contributed by atoms with Crippen molar-refractivity contribution in [1.29, 1.82) is 0 Å². The van der Waals surface area contributed by atoms with Gasteiger partial charge in [0.2, 0.25) is 0 Å². The molecule has 1 N–H and O–H groups in total. The second kappa shape index (κ2) is 5.63. The van der Waals surface area contributed by atoms with Crippen LogP contribution in [0.1, 0.15) is 44.2 Å². The summed E-state index contributed by atoms with van der Waals surface area (Å²) in [6.07, 6.45) is 2.26. The van der Waals surface area contributed by atoms with E-state index in [9.17, 15) is 0 Å². The van der Waals surface area contributed by atoms with E-state index in [0.29, 0.717) is 12.0 Å². The van der Waals surface area contributed by atoms with Crippen LogP contribution in [0.2, 0.25) is 0 Å². The molecule has 0 bridgehead atoms. The number of nitrogens with one attached hydrogen (secondary N) is 1. The number of hydrogen-bond acceptors (Lipinski definition) is 1. The minimum atomic E-state index is 0.276. The Kier molecular flexibility index (Phi) is 4.34. The molecule has 1 aromatic carbocycles. The van der Waals surface area contributed by atoms with Gasteiger partial charge in [0.1, 0.15) is 0 Å². The van der Waals surface area contributed by atoms with Gasteiger partial charge in [-0.2, -0.15) is 0 Å². The number of alkyl halides is 1. The van der Waals surface area contributed by atoms with Crippen molar-refractivity contribution >= 4 is 11.6 Å². The molecule has 2 heteroatoms. The van der Waals surface area contributed by atoms with Gasteiger partial charge in [-0.3, -0.25) is 0 Å². The van der Waals surface area contributed by atoms with Gasteiger partial charge in [0.05, 0.1) is 0 Å². The second-order valence-corrected chi connectivity index (χ2v) is 6.78. The third-order valence-electron chi connectivity index (χ3n) is 4.02. The largest absolute Gasteiger partial charge is 0.313 e. The summed E-state index contributed by atoms with van der Waals surface area (Å²) in [6.45, 7) is 7.93. The van der Waals surface area contributed by atoms with E-state index in [0.717, 1.165) is 18.8 Å².